The molecule has 2 amide bonds. The lowest BCUT2D eigenvalue weighted by Gasteiger charge is -2.27. The molecule has 1 saturated heterocycles. The molecule has 1 N–H and O–H groups in total. The van der Waals surface area contributed by atoms with Crippen LogP contribution in [0.3, 0.4) is 0 Å². The van der Waals surface area contributed by atoms with Crippen molar-refractivity contribution >= 4 is 6.03 Å². The average molecular weight is 278 g/mol. The lowest BCUT2D eigenvalue weighted by atomic mass is 10.0. The molecule has 1 aliphatic rings. The Kier molecular flexibility index (Phi) is 5.04. The topological polar surface area (TPSA) is 50.2 Å². The number of likely N-dealkylation sites (tertiary alicyclic amines) is 1. The lowest BCUT2D eigenvalue weighted by Crippen LogP contribution is -2.44. The van der Waals surface area contributed by atoms with E-state index in [0.717, 1.165) is 31.8 Å². The highest BCUT2D eigenvalue weighted by Crippen LogP contribution is 2.20. The first-order chi connectivity index (χ1) is 9.59. The molecule has 1 atom stereocenters. The van der Waals surface area contributed by atoms with E-state index in [9.17, 15) is 4.79 Å². The molecule has 2 rings (SSSR count). The van der Waals surface area contributed by atoms with Crippen LogP contribution in [0.5, 0.6) is 0 Å². The predicted octanol–water partition coefficient (Wildman–Crippen LogP) is 2.70. The summed E-state index contributed by atoms with van der Waals surface area (Å²) < 4.78 is 1.98. The molecule has 1 fully saturated rings. The number of amides is 2. The van der Waals surface area contributed by atoms with E-state index < -0.39 is 0 Å². The zero-order chi connectivity index (χ0) is 14.5. The summed E-state index contributed by atoms with van der Waals surface area (Å²) in [7, 11) is 1.97. The van der Waals surface area contributed by atoms with E-state index in [1.807, 2.05) is 22.7 Å². The van der Waals surface area contributed by atoms with Gasteiger partial charge < -0.3 is 14.8 Å². The van der Waals surface area contributed by atoms with E-state index >= 15 is 0 Å². The molecule has 2 heterocycles. The molecule has 5 heteroatoms. The first kappa shape index (κ1) is 14.9. The van der Waals surface area contributed by atoms with Crippen molar-refractivity contribution in [1.29, 1.82) is 0 Å². The van der Waals surface area contributed by atoms with Gasteiger partial charge in [-0.05, 0) is 18.8 Å². The summed E-state index contributed by atoms with van der Waals surface area (Å²) in [6.07, 6.45) is 8.39. The van der Waals surface area contributed by atoms with Gasteiger partial charge in [-0.3, -0.25) is 0 Å². The minimum Gasteiger partial charge on any atom is -0.336 e. The third kappa shape index (κ3) is 3.52. The molecular weight excluding hydrogens is 252 g/mol. The van der Waals surface area contributed by atoms with Gasteiger partial charge in [0.2, 0.25) is 0 Å². The van der Waals surface area contributed by atoms with Crippen LogP contribution in [0.1, 0.15) is 51.4 Å². The summed E-state index contributed by atoms with van der Waals surface area (Å²) in [6, 6.07) is 0.0133. The van der Waals surface area contributed by atoms with Gasteiger partial charge in [0.15, 0.2) is 0 Å². The van der Waals surface area contributed by atoms with Gasteiger partial charge in [0.25, 0.3) is 0 Å². The van der Waals surface area contributed by atoms with E-state index in [0.29, 0.717) is 5.92 Å². The summed E-state index contributed by atoms with van der Waals surface area (Å²) in [6.45, 7) is 5.97. The van der Waals surface area contributed by atoms with Crippen LogP contribution in [0.25, 0.3) is 0 Å². The van der Waals surface area contributed by atoms with Gasteiger partial charge in [-0.2, -0.15) is 0 Å². The second-order valence-electron chi connectivity index (χ2n) is 5.97. The molecule has 0 bridgehead atoms. The maximum Gasteiger partial charge on any atom is 0.317 e. The molecule has 112 valence electrons. The second kappa shape index (κ2) is 6.77. The largest absolute Gasteiger partial charge is 0.336 e. The number of hydrogen-bond donors (Lipinski definition) is 1. The number of nitrogens with one attached hydrogen (secondary N) is 1. The minimum atomic E-state index is -0.0363. The van der Waals surface area contributed by atoms with Crippen LogP contribution in [0.4, 0.5) is 4.79 Å². The van der Waals surface area contributed by atoms with Crippen molar-refractivity contribution < 1.29 is 4.79 Å². The van der Waals surface area contributed by atoms with Crippen molar-refractivity contribution in [2.24, 2.45) is 13.0 Å². The maximum atomic E-state index is 12.5. The zero-order valence-corrected chi connectivity index (χ0v) is 12.8. The van der Waals surface area contributed by atoms with Gasteiger partial charge >= 0.3 is 6.03 Å². The molecular formula is C15H26N4O. The van der Waals surface area contributed by atoms with Crippen LogP contribution in [-0.2, 0) is 7.05 Å². The summed E-state index contributed by atoms with van der Waals surface area (Å²) in [4.78, 5) is 18.8. The molecule has 0 radical (unpaired) electrons. The average Bonchev–Trinajstić information content (AvgIpc) is 2.68. The normalized spacial score (nSPS) is 17.9. The SMILES string of the molecule is CC(C)[C@@H](NC(=O)N1CCCCCC1)c1nccn1C. The van der Waals surface area contributed by atoms with E-state index in [2.05, 4.69) is 24.1 Å². The summed E-state index contributed by atoms with van der Waals surface area (Å²) >= 11 is 0. The third-order valence-electron chi connectivity index (χ3n) is 3.98. The fourth-order valence-corrected chi connectivity index (χ4v) is 2.70. The van der Waals surface area contributed by atoms with Crippen molar-refractivity contribution in [1.82, 2.24) is 19.8 Å². The van der Waals surface area contributed by atoms with Gasteiger partial charge in [-0.15, -0.1) is 0 Å². The Morgan fingerprint density at radius 2 is 1.90 bits per heavy atom. The summed E-state index contributed by atoms with van der Waals surface area (Å²) in [5.74, 6) is 1.23. The monoisotopic (exact) mass is 278 g/mol. The lowest BCUT2D eigenvalue weighted by molar-refractivity contribution is 0.190. The molecule has 0 unspecified atom stereocenters. The molecule has 1 aliphatic heterocycles. The number of nitrogens with zero attached hydrogens (tertiary/aromatic N) is 3. The Labute approximate surface area is 121 Å². The second-order valence-corrected chi connectivity index (χ2v) is 5.97. The van der Waals surface area contributed by atoms with Crippen molar-refractivity contribution in [2.75, 3.05) is 13.1 Å². The quantitative estimate of drug-likeness (QED) is 0.924. The number of carbonyl (C=O) groups excluding carboxylic acids is 1. The van der Waals surface area contributed by atoms with Gasteiger partial charge in [0.1, 0.15) is 5.82 Å². The van der Waals surface area contributed by atoms with Crippen LogP contribution < -0.4 is 5.32 Å². The highest BCUT2D eigenvalue weighted by atomic mass is 16.2. The van der Waals surface area contributed by atoms with E-state index in [-0.39, 0.29) is 12.1 Å². The van der Waals surface area contributed by atoms with Gasteiger partial charge in [-0.25, -0.2) is 9.78 Å². The van der Waals surface area contributed by atoms with Crippen LogP contribution in [0.2, 0.25) is 0 Å². The van der Waals surface area contributed by atoms with Crippen molar-refractivity contribution in [3.8, 4) is 0 Å². The Morgan fingerprint density at radius 3 is 2.40 bits per heavy atom. The van der Waals surface area contributed by atoms with Gasteiger partial charge in [0.05, 0.1) is 6.04 Å². The van der Waals surface area contributed by atoms with Crippen LogP contribution >= 0.6 is 0 Å². The standard InChI is InChI=1S/C15H26N4O/c1-12(2)13(14-16-8-11-18(14)3)17-15(20)19-9-6-4-5-7-10-19/h8,11-13H,4-7,9-10H2,1-3H3,(H,17,20)/t13-/m1/s1. The number of urea groups is 1. The summed E-state index contributed by atoms with van der Waals surface area (Å²) in [5, 5.41) is 3.16. The van der Waals surface area contributed by atoms with Crippen LogP contribution in [0.15, 0.2) is 12.4 Å². The van der Waals surface area contributed by atoms with E-state index in [1.165, 1.54) is 12.8 Å². The molecule has 0 saturated carbocycles. The third-order valence-corrected chi connectivity index (χ3v) is 3.98. The molecule has 20 heavy (non-hydrogen) atoms. The fraction of sp³-hybridized carbons (Fsp3) is 0.733. The molecule has 1 aromatic heterocycles. The summed E-state index contributed by atoms with van der Waals surface area (Å²) in [5.41, 5.74) is 0. The van der Waals surface area contributed by atoms with Crippen LogP contribution in [0, 0.1) is 5.92 Å². The Hall–Kier alpha value is -1.52. The highest BCUT2D eigenvalue weighted by Gasteiger charge is 2.24. The first-order valence-corrected chi connectivity index (χ1v) is 7.62. The van der Waals surface area contributed by atoms with Crippen molar-refractivity contribution in [3.63, 3.8) is 0 Å². The predicted molar refractivity (Wildman–Crippen MR) is 79.4 cm³/mol. The Morgan fingerprint density at radius 1 is 1.25 bits per heavy atom. The number of hydrogen-bond acceptors (Lipinski definition) is 2. The van der Waals surface area contributed by atoms with E-state index in [1.54, 1.807) is 6.20 Å². The molecule has 0 spiro atoms. The molecule has 0 aromatic carbocycles. The van der Waals surface area contributed by atoms with Crippen molar-refractivity contribution in [2.45, 2.75) is 45.6 Å². The smallest absolute Gasteiger partial charge is 0.317 e. The maximum absolute atomic E-state index is 12.5. The number of aromatic nitrogens is 2. The van der Waals surface area contributed by atoms with E-state index in [4.69, 9.17) is 0 Å². The van der Waals surface area contributed by atoms with Gasteiger partial charge in [-0.1, -0.05) is 26.7 Å². The fourth-order valence-electron chi connectivity index (χ4n) is 2.70. The van der Waals surface area contributed by atoms with Gasteiger partial charge in [0, 0.05) is 32.5 Å². The molecule has 1 aromatic rings. The van der Waals surface area contributed by atoms with Crippen molar-refractivity contribution in [3.05, 3.63) is 18.2 Å². The number of rotatable bonds is 3. The first-order valence-electron chi connectivity index (χ1n) is 7.62. The molecule has 0 aliphatic carbocycles. The minimum absolute atomic E-state index is 0.0363. The highest BCUT2D eigenvalue weighted by molar-refractivity contribution is 5.74. The number of carbonyl (C=O) groups is 1. The Balaban J connectivity index is 2.04. The number of imidazole rings is 1. The Bertz CT molecular complexity index is 433. The number of aryl methyl sites for hydroxylation is 1. The zero-order valence-electron chi connectivity index (χ0n) is 12.8. The van der Waals surface area contributed by atoms with Crippen LogP contribution in [-0.4, -0.2) is 33.6 Å². The molecule has 5 nitrogen and oxygen atoms in total.